The molecule has 1 heterocycles. The molecule has 8 heteroatoms. The monoisotopic (exact) mass is 387 g/mol. The molecular weight excluding hydrogens is 362 g/mol. The van der Waals surface area contributed by atoms with Crippen molar-refractivity contribution in [2.24, 2.45) is 0 Å². The van der Waals surface area contributed by atoms with Crippen molar-refractivity contribution < 1.29 is 30.3 Å². The number of likely N-dealkylation sites (tertiary alicyclic amines) is 1. The summed E-state index contributed by atoms with van der Waals surface area (Å²) >= 11 is 5.82. The normalized spacial score (nSPS) is 28.5. The first-order valence-corrected chi connectivity index (χ1v) is 8.87. The molecule has 0 spiro atoms. The molecule has 26 heavy (non-hydrogen) atoms. The zero-order chi connectivity index (χ0) is 19.1. The minimum absolute atomic E-state index is 0.0526. The van der Waals surface area contributed by atoms with Gasteiger partial charge in [-0.05, 0) is 17.7 Å². The van der Waals surface area contributed by atoms with E-state index in [0.717, 1.165) is 5.56 Å². The van der Waals surface area contributed by atoms with Gasteiger partial charge in [0.1, 0.15) is 12.2 Å². The molecule has 0 saturated carbocycles. The van der Waals surface area contributed by atoms with Gasteiger partial charge in [-0.2, -0.15) is 0 Å². The highest BCUT2D eigenvalue weighted by Crippen LogP contribution is 2.19. The van der Waals surface area contributed by atoms with Crippen LogP contribution >= 0.6 is 11.6 Å². The van der Waals surface area contributed by atoms with Crippen molar-refractivity contribution in [2.75, 3.05) is 32.9 Å². The zero-order valence-corrected chi connectivity index (χ0v) is 15.1. The highest BCUT2D eigenvalue weighted by molar-refractivity contribution is 6.30. The van der Waals surface area contributed by atoms with Gasteiger partial charge in [0.2, 0.25) is 0 Å². The van der Waals surface area contributed by atoms with E-state index in [4.69, 9.17) is 16.3 Å². The molecular formula is C18H26ClNO6. The second-order valence-corrected chi connectivity index (χ2v) is 6.83. The van der Waals surface area contributed by atoms with Crippen molar-refractivity contribution in [1.29, 1.82) is 0 Å². The van der Waals surface area contributed by atoms with Crippen LogP contribution in [0.2, 0.25) is 5.02 Å². The summed E-state index contributed by atoms with van der Waals surface area (Å²) in [5.41, 5.74) is 0.985. The van der Waals surface area contributed by atoms with Gasteiger partial charge >= 0.3 is 0 Å². The second kappa shape index (κ2) is 10.3. The van der Waals surface area contributed by atoms with Gasteiger partial charge in [-0.15, -0.1) is 0 Å². The quantitative estimate of drug-likeness (QED) is 0.382. The van der Waals surface area contributed by atoms with E-state index in [9.17, 15) is 25.5 Å². The smallest absolute Gasteiger partial charge is 0.109 e. The Hall–Kier alpha value is -1.03. The summed E-state index contributed by atoms with van der Waals surface area (Å²) in [7, 11) is 0. The molecule has 1 aliphatic rings. The fraction of sp³-hybridized carbons (Fsp3) is 0.556. The number of benzene rings is 1. The van der Waals surface area contributed by atoms with E-state index in [0.29, 0.717) is 11.6 Å². The molecule has 5 N–H and O–H groups in total. The Labute approximate surface area is 157 Å². The first-order chi connectivity index (χ1) is 12.4. The fourth-order valence-corrected chi connectivity index (χ4v) is 3.07. The van der Waals surface area contributed by atoms with Crippen LogP contribution in [0.3, 0.4) is 0 Å². The van der Waals surface area contributed by atoms with E-state index in [-0.39, 0.29) is 26.3 Å². The fourth-order valence-electron chi connectivity index (χ4n) is 2.94. The van der Waals surface area contributed by atoms with Crippen molar-refractivity contribution in [3.05, 3.63) is 40.9 Å². The van der Waals surface area contributed by atoms with Crippen LogP contribution in [0.5, 0.6) is 0 Å². The molecule has 0 radical (unpaired) electrons. The minimum Gasteiger partial charge on any atom is -0.395 e. The van der Waals surface area contributed by atoms with Gasteiger partial charge in [0.15, 0.2) is 0 Å². The summed E-state index contributed by atoms with van der Waals surface area (Å²) in [6.07, 6.45) is -0.889. The first kappa shape index (κ1) is 21.3. The van der Waals surface area contributed by atoms with E-state index in [2.05, 4.69) is 0 Å². The average molecular weight is 388 g/mol. The van der Waals surface area contributed by atoms with Crippen LogP contribution in [0.1, 0.15) is 5.56 Å². The summed E-state index contributed by atoms with van der Waals surface area (Å²) < 4.78 is 5.40. The highest BCUT2D eigenvalue weighted by atomic mass is 35.5. The Kier molecular flexibility index (Phi) is 8.46. The molecule has 0 amide bonds. The van der Waals surface area contributed by atoms with Crippen LogP contribution in [0.25, 0.3) is 6.08 Å². The number of rotatable bonds is 8. The van der Waals surface area contributed by atoms with E-state index in [1.807, 2.05) is 24.3 Å². The molecule has 5 atom stereocenters. The Morgan fingerprint density at radius 1 is 1.19 bits per heavy atom. The summed E-state index contributed by atoms with van der Waals surface area (Å²) in [5.74, 6) is 0. The van der Waals surface area contributed by atoms with E-state index < -0.39 is 30.5 Å². The van der Waals surface area contributed by atoms with Gasteiger partial charge in [0.25, 0.3) is 0 Å². The molecule has 1 unspecified atom stereocenters. The van der Waals surface area contributed by atoms with Gasteiger partial charge in [0.05, 0.1) is 38.1 Å². The molecule has 1 aromatic carbocycles. The Balaban J connectivity index is 1.74. The van der Waals surface area contributed by atoms with E-state index in [1.165, 1.54) is 0 Å². The SMILES string of the molecule is OC[C@@H]1[C@@H](O)[C@H](O)[C@@H](O)CN1CC(O)COC/C=C/c1ccc(Cl)cc1. The number of hydrogen-bond donors (Lipinski definition) is 5. The summed E-state index contributed by atoms with van der Waals surface area (Å²) in [6, 6.07) is 6.60. The number of aliphatic hydroxyl groups is 5. The Morgan fingerprint density at radius 3 is 2.54 bits per heavy atom. The maximum Gasteiger partial charge on any atom is 0.109 e. The second-order valence-electron chi connectivity index (χ2n) is 6.40. The lowest BCUT2D eigenvalue weighted by Gasteiger charge is -2.43. The van der Waals surface area contributed by atoms with Gasteiger partial charge in [0, 0.05) is 18.1 Å². The summed E-state index contributed by atoms with van der Waals surface area (Å²) in [4.78, 5) is 1.56. The van der Waals surface area contributed by atoms with Crippen LogP contribution in [0.4, 0.5) is 0 Å². The molecule has 1 fully saturated rings. The lowest BCUT2D eigenvalue weighted by atomic mass is 9.94. The highest BCUT2D eigenvalue weighted by Gasteiger charge is 2.41. The number of piperidine rings is 1. The molecule has 0 aliphatic carbocycles. The van der Waals surface area contributed by atoms with Gasteiger partial charge in [-0.1, -0.05) is 35.9 Å². The summed E-state index contributed by atoms with van der Waals surface area (Å²) in [5, 5.41) is 49.5. The third-order valence-corrected chi connectivity index (χ3v) is 4.62. The topological polar surface area (TPSA) is 114 Å². The van der Waals surface area contributed by atoms with Crippen LogP contribution in [0, 0.1) is 0 Å². The largest absolute Gasteiger partial charge is 0.395 e. The number of hydrogen-bond acceptors (Lipinski definition) is 7. The number of ether oxygens (including phenoxy) is 1. The number of halogens is 1. The molecule has 0 bridgehead atoms. The maximum atomic E-state index is 10.1. The molecule has 146 valence electrons. The molecule has 2 rings (SSSR count). The van der Waals surface area contributed by atoms with Crippen molar-refractivity contribution in [3.8, 4) is 0 Å². The van der Waals surface area contributed by atoms with Crippen molar-refractivity contribution in [3.63, 3.8) is 0 Å². The van der Waals surface area contributed by atoms with Crippen molar-refractivity contribution >= 4 is 17.7 Å². The zero-order valence-electron chi connectivity index (χ0n) is 14.4. The predicted octanol–water partition coefficient (Wildman–Crippen LogP) is -0.510. The summed E-state index contributed by atoms with van der Waals surface area (Å²) in [6.45, 7) is 0.147. The van der Waals surface area contributed by atoms with Crippen LogP contribution in [-0.2, 0) is 4.74 Å². The number of aliphatic hydroxyl groups excluding tert-OH is 5. The van der Waals surface area contributed by atoms with Crippen LogP contribution < -0.4 is 0 Å². The van der Waals surface area contributed by atoms with E-state index >= 15 is 0 Å². The van der Waals surface area contributed by atoms with Crippen LogP contribution in [0.15, 0.2) is 30.3 Å². The van der Waals surface area contributed by atoms with Gasteiger partial charge in [-0.3, -0.25) is 4.90 Å². The molecule has 7 nitrogen and oxygen atoms in total. The Bertz CT molecular complexity index is 569. The maximum absolute atomic E-state index is 10.1. The van der Waals surface area contributed by atoms with Crippen LogP contribution in [-0.4, -0.2) is 93.8 Å². The lowest BCUT2D eigenvalue weighted by molar-refractivity contribution is -0.151. The molecule has 1 saturated heterocycles. The molecule has 1 aromatic rings. The van der Waals surface area contributed by atoms with Gasteiger partial charge in [-0.25, -0.2) is 0 Å². The van der Waals surface area contributed by atoms with Gasteiger partial charge < -0.3 is 30.3 Å². The van der Waals surface area contributed by atoms with E-state index in [1.54, 1.807) is 17.0 Å². The third-order valence-electron chi connectivity index (χ3n) is 4.37. The third kappa shape index (κ3) is 6.00. The first-order valence-electron chi connectivity index (χ1n) is 8.49. The van der Waals surface area contributed by atoms with Crippen molar-refractivity contribution in [2.45, 2.75) is 30.5 Å². The molecule has 1 aliphatic heterocycles. The molecule has 0 aromatic heterocycles. The minimum atomic E-state index is -1.31. The predicted molar refractivity (Wildman–Crippen MR) is 97.8 cm³/mol. The lowest BCUT2D eigenvalue weighted by Crippen LogP contribution is -2.63. The number of nitrogens with zero attached hydrogens (tertiary/aromatic N) is 1. The standard InChI is InChI=1S/C18H26ClNO6/c19-13-5-3-12(4-6-13)2-1-7-26-11-14(22)8-20-9-16(23)18(25)17(24)15(20)10-21/h1-6,14-18,21-25H,7-11H2/b2-1+/t14?,15-,16+,17-,18-/m1/s1. The number of β-amino-alcohol motifs (C(OH)–C–C–N with tert-alkyl or cyclic N) is 2. The van der Waals surface area contributed by atoms with Crippen molar-refractivity contribution in [1.82, 2.24) is 4.90 Å². The average Bonchev–Trinajstić information content (AvgIpc) is 2.61. The Morgan fingerprint density at radius 2 is 1.88 bits per heavy atom.